The normalized spacial score (nSPS) is 18.6. The van der Waals surface area contributed by atoms with Crippen molar-refractivity contribution in [1.29, 1.82) is 0 Å². The zero-order valence-electron chi connectivity index (χ0n) is 27.4. The van der Waals surface area contributed by atoms with E-state index in [0.29, 0.717) is 28.2 Å². The molecule has 2 aliphatic heterocycles. The van der Waals surface area contributed by atoms with Gasteiger partial charge in [-0.15, -0.1) is 0 Å². The summed E-state index contributed by atoms with van der Waals surface area (Å²) in [7, 11) is -2.37. The van der Waals surface area contributed by atoms with Gasteiger partial charge in [-0.05, 0) is 57.5 Å². The van der Waals surface area contributed by atoms with Crippen LogP contribution in [-0.4, -0.2) is 53.8 Å². The minimum Gasteiger partial charge on any atom is -0.458 e. The lowest BCUT2D eigenvalue weighted by Gasteiger charge is -2.43. The summed E-state index contributed by atoms with van der Waals surface area (Å²) in [4.78, 5) is 70.1. The molecule has 0 radical (unpaired) electrons. The predicted molar refractivity (Wildman–Crippen MR) is 171 cm³/mol. The van der Waals surface area contributed by atoms with Crippen LogP contribution in [0.1, 0.15) is 70.4 Å². The number of alkyl carbamates (subject to hydrolysis) is 1. The number of pyridine rings is 2. The van der Waals surface area contributed by atoms with Crippen molar-refractivity contribution >= 4 is 43.0 Å². The van der Waals surface area contributed by atoms with Crippen LogP contribution >= 0.6 is 0 Å². The standard InChI is InChI=1S/C33H39N3O9Si/c1-9-33(44-25(38)16-34-31(41)45-32(4,5)6)22-15-24-27-20(13-19-14-21(42-18(3)37)11-12-23(19)35-27)17-36(24)28(39)26(22)29(43-30(33)40)46(7,8)10-2/h11-15,29H,9-10,16-17H2,1-8H3,(H,34,41). The van der Waals surface area contributed by atoms with Crippen LogP contribution in [0.3, 0.4) is 0 Å². The molecule has 2 unspecified atom stereocenters. The molecule has 2 aromatic heterocycles. The maximum absolute atomic E-state index is 14.5. The number of carbonyl (C=O) groups is 4. The summed E-state index contributed by atoms with van der Waals surface area (Å²) in [5.41, 5.74) is -0.836. The minimum absolute atomic E-state index is 0.0162. The average molecular weight is 650 g/mol. The monoisotopic (exact) mass is 649 g/mol. The number of ether oxygens (including phenoxy) is 4. The van der Waals surface area contributed by atoms with E-state index < -0.39 is 55.5 Å². The molecule has 244 valence electrons. The summed E-state index contributed by atoms with van der Waals surface area (Å²) in [6, 6.07) is 9.43. The van der Waals surface area contributed by atoms with Gasteiger partial charge in [0.25, 0.3) is 5.56 Å². The van der Waals surface area contributed by atoms with Crippen molar-refractivity contribution in [2.24, 2.45) is 0 Å². The molecule has 3 aromatic rings. The lowest BCUT2D eigenvalue weighted by molar-refractivity contribution is -0.190. The maximum atomic E-state index is 14.5. The summed E-state index contributed by atoms with van der Waals surface area (Å²) < 4.78 is 24.0. The van der Waals surface area contributed by atoms with E-state index in [1.54, 1.807) is 56.5 Å². The number of esters is 3. The molecule has 2 atom stereocenters. The molecule has 0 saturated heterocycles. The molecular formula is C33H39N3O9Si. The van der Waals surface area contributed by atoms with Gasteiger partial charge >= 0.3 is 24.0 Å². The third kappa shape index (κ3) is 5.91. The summed E-state index contributed by atoms with van der Waals surface area (Å²) in [5, 5.41) is 3.09. The number of amides is 1. The molecule has 0 fully saturated rings. The van der Waals surface area contributed by atoms with Crippen LogP contribution in [0.4, 0.5) is 4.79 Å². The van der Waals surface area contributed by atoms with Gasteiger partial charge in [0.2, 0.25) is 5.60 Å². The van der Waals surface area contributed by atoms with Gasteiger partial charge in [0.05, 0.1) is 29.0 Å². The molecule has 1 aromatic carbocycles. The van der Waals surface area contributed by atoms with Gasteiger partial charge in [-0.3, -0.25) is 14.4 Å². The second-order valence-electron chi connectivity index (χ2n) is 13.3. The second-order valence-corrected chi connectivity index (χ2v) is 18.5. The molecule has 2 aliphatic rings. The van der Waals surface area contributed by atoms with E-state index >= 15 is 0 Å². The van der Waals surface area contributed by atoms with Crippen molar-refractivity contribution in [2.45, 2.75) is 90.6 Å². The third-order valence-corrected chi connectivity index (χ3v) is 12.1. The van der Waals surface area contributed by atoms with Gasteiger partial charge in [-0.1, -0.05) is 33.0 Å². The van der Waals surface area contributed by atoms with Crippen LogP contribution < -0.4 is 15.6 Å². The van der Waals surface area contributed by atoms with E-state index in [2.05, 4.69) is 5.32 Å². The van der Waals surface area contributed by atoms with Gasteiger partial charge in [0, 0.05) is 23.4 Å². The highest BCUT2D eigenvalue weighted by molar-refractivity contribution is 6.78. The number of cyclic esters (lactones) is 1. The lowest BCUT2D eigenvalue weighted by Crippen LogP contribution is -2.54. The van der Waals surface area contributed by atoms with E-state index in [-0.39, 0.29) is 24.1 Å². The number of nitrogens with one attached hydrogen (secondary N) is 1. The van der Waals surface area contributed by atoms with E-state index in [1.165, 1.54) is 6.92 Å². The summed E-state index contributed by atoms with van der Waals surface area (Å²) in [6.45, 7) is 13.8. The fourth-order valence-corrected chi connectivity index (χ4v) is 7.70. The molecule has 13 heteroatoms. The van der Waals surface area contributed by atoms with Crippen LogP contribution in [-0.2, 0) is 40.7 Å². The number of benzene rings is 1. The lowest BCUT2D eigenvalue weighted by atomic mass is 9.85. The fourth-order valence-electron chi connectivity index (χ4n) is 5.84. The van der Waals surface area contributed by atoms with Crippen molar-refractivity contribution < 1.29 is 38.1 Å². The average Bonchev–Trinajstić information content (AvgIpc) is 3.32. The summed E-state index contributed by atoms with van der Waals surface area (Å²) >= 11 is 0. The number of hydrogen-bond acceptors (Lipinski definition) is 10. The van der Waals surface area contributed by atoms with E-state index in [0.717, 1.165) is 17.0 Å². The summed E-state index contributed by atoms with van der Waals surface area (Å²) in [5.74, 6) is -1.72. The molecule has 1 N–H and O–H groups in total. The highest BCUT2D eigenvalue weighted by Gasteiger charge is 2.56. The summed E-state index contributed by atoms with van der Waals surface area (Å²) in [6.07, 6.45) is -0.833. The first kappa shape index (κ1) is 32.9. The Morgan fingerprint density at radius 2 is 1.85 bits per heavy atom. The van der Waals surface area contributed by atoms with Gasteiger partial charge in [-0.2, -0.15) is 0 Å². The molecule has 0 saturated carbocycles. The molecule has 0 aliphatic carbocycles. The molecule has 4 heterocycles. The SMILES string of the molecule is CCC1(OC(=O)CNC(=O)OC(C)(C)C)C(=O)OC([Si](C)(C)CC)c2c1cc1n(c2=O)Cc2cc3cc(OC(C)=O)ccc3nc2-1. The van der Waals surface area contributed by atoms with E-state index in [9.17, 15) is 24.0 Å². The van der Waals surface area contributed by atoms with Crippen LogP contribution in [0.5, 0.6) is 5.75 Å². The van der Waals surface area contributed by atoms with Gasteiger partial charge < -0.3 is 28.8 Å². The minimum atomic E-state index is -2.37. The molecule has 0 bridgehead atoms. The predicted octanol–water partition coefficient (Wildman–Crippen LogP) is 4.89. The van der Waals surface area contributed by atoms with Crippen molar-refractivity contribution in [3.63, 3.8) is 0 Å². The molecule has 0 spiro atoms. The maximum Gasteiger partial charge on any atom is 0.408 e. The van der Waals surface area contributed by atoms with Gasteiger partial charge in [-0.25, -0.2) is 14.6 Å². The topological polar surface area (TPSA) is 152 Å². The van der Waals surface area contributed by atoms with Crippen LogP contribution in [0, 0.1) is 0 Å². The van der Waals surface area contributed by atoms with Gasteiger partial charge in [0.15, 0.2) is 0 Å². The van der Waals surface area contributed by atoms with E-state index in [4.69, 9.17) is 23.9 Å². The van der Waals surface area contributed by atoms with Crippen molar-refractivity contribution in [1.82, 2.24) is 14.9 Å². The number of nitrogens with zero attached hydrogens (tertiary/aromatic N) is 2. The molecule has 46 heavy (non-hydrogen) atoms. The fraction of sp³-hybridized carbons (Fsp3) is 0.455. The first-order valence-corrected chi connectivity index (χ1v) is 18.6. The first-order chi connectivity index (χ1) is 21.5. The molecule has 12 nitrogen and oxygen atoms in total. The Labute approximate surface area is 267 Å². The Hall–Kier alpha value is -4.52. The first-order valence-electron chi connectivity index (χ1n) is 15.3. The molecule has 5 rings (SSSR count). The number of aromatic nitrogens is 2. The Kier molecular flexibility index (Phi) is 8.35. The van der Waals surface area contributed by atoms with Crippen LogP contribution in [0.2, 0.25) is 19.1 Å². The Morgan fingerprint density at radius 3 is 2.48 bits per heavy atom. The Morgan fingerprint density at radius 1 is 1.13 bits per heavy atom. The smallest absolute Gasteiger partial charge is 0.408 e. The molecule has 1 amide bonds. The van der Waals surface area contributed by atoms with Crippen molar-refractivity contribution in [2.75, 3.05) is 6.54 Å². The Bertz CT molecular complexity index is 1840. The number of carbonyl (C=O) groups excluding carboxylic acids is 4. The van der Waals surface area contributed by atoms with E-state index in [1.807, 2.05) is 26.1 Å². The van der Waals surface area contributed by atoms with Crippen LogP contribution in [0.15, 0.2) is 35.1 Å². The van der Waals surface area contributed by atoms with Gasteiger partial charge in [0.1, 0.15) is 31.7 Å². The Balaban J connectivity index is 1.62. The number of fused-ring (bicyclic) bond motifs is 5. The van der Waals surface area contributed by atoms with Crippen LogP contribution in [0.25, 0.3) is 22.3 Å². The third-order valence-electron chi connectivity index (χ3n) is 8.47. The molecular weight excluding hydrogens is 610 g/mol. The van der Waals surface area contributed by atoms with Crippen molar-refractivity contribution in [3.05, 3.63) is 57.4 Å². The number of rotatable bonds is 7. The number of hydrogen-bond donors (Lipinski definition) is 1. The van der Waals surface area contributed by atoms with Crippen molar-refractivity contribution in [3.8, 4) is 17.1 Å². The quantitative estimate of drug-likeness (QED) is 0.127. The highest BCUT2D eigenvalue weighted by Crippen LogP contribution is 2.47. The zero-order chi connectivity index (χ0) is 33.8. The highest BCUT2D eigenvalue weighted by atomic mass is 28.3. The second kappa shape index (κ2) is 11.7. The zero-order valence-corrected chi connectivity index (χ0v) is 28.4. The largest absolute Gasteiger partial charge is 0.458 e.